The van der Waals surface area contributed by atoms with Crippen LogP contribution in [0.2, 0.25) is 5.02 Å². The Hall–Kier alpha value is -2.35. The molecule has 0 radical (unpaired) electrons. The van der Waals surface area contributed by atoms with E-state index in [0.29, 0.717) is 29.2 Å². The second kappa shape index (κ2) is 9.07. The summed E-state index contributed by atoms with van der Waals surface area (Å²) in [5, 5.41) is 13.0. The van der Waals surface area contributed by atoms with Gasteiger partial charge in [-0.2, -0.15) is 5.26 Å². The summed E-state index contributed by atoms with van der Waals surface area (Å²) in [7, 11) is 0. The third-order valence-electron chi connectivity index (χ3n) is 3.58. The molecule has 0 fully saturated rings. The third-order valence-corrected chi connectivity index (χ3v) is 3.82. The van der Waals surface area contributed by atoms with E-state index in [9.17, 15) is 10.1 Å². The van der Waals surface area contributed by atoms with E-state index in [4.69, 9.17) is 11.6 Å². The van der Waals surface area contributed by atoms with E-state index in [-0.39, 0.29) is 5.91 Å². The number of anilines is 1. The number of benzene rings is 2. The lowest BCUT2D eigenvalue weighted by Gasteiger charge is -2.23. The van der Waals surface area contributed by atoms with E-state index in [1.807, 2.05) is 30.3 Å². The van der Waals surface area contributed by atoms with Crippen molar-refractivity contribution in [3.8, 4) is 6.07 Å². The van der Waals surface area contributed by atoms with Crippen molar-refractivity contribution in [1.82, 2.24) is 5.32 Å². The zero-order chi connectivity index (χ0) is 17.4. The molecular formula is C19H20ClN3O. The zero-order valence-electron chi connectivity index (χ0n) is 13.6. The van der Waals surface area contributed by atoms with Crippen LogP contribution < -0.4 is 10.2 Å². The van der Waals surface area contributed by atoms with Crippen molar-refractivity contribution in [2.24, 2.45) is 0 Å². The number of carbonyl (C=O) groups excluding carboxylic acids is 1. The smallest absolute Gasteiger partial charge is 0.259 e. The zero-order valence-corrected chi connectivity index (χ0v) is 14.4. The van der Waals surface area contributed by atoms with E-state index < -0.39 is 0 Å². The molecular weight excluding hydrogens is 322 g/mol. The van der Waals surface area contributed by atoms with Gasteiger partial charge in [-0.05, 0) is 43.3 Å². The first-order valence-electron chi connectivity index (χ1n) is 7.94. The Morgan fingerprint density at radius 1 is 1.21 bits per heavy atom. The van der Waals surface area contributed by atoms with Crippen molar-refractivity contribution >= 4 is 23.2 Å². The minimum Gasteiger partial charge on any atom is -0.315 e. The highest BCUT2D eigenvalue weighted by molar-refractivity contribution is 6.31. The summed E-state index contributed by atoms with van der Waals surface area (Å²) in [4.78, 5) is 14.7. The van der Waals surface area contributed by atoms with Crippen molar-refractivity contribution in [2.45, 2.75) is 13.3 Å². The van der Waals surface area contributed by atoms with E-state index in [0.717, 1.165) is 18.7 Å². The fraction of sp³-hybridized carbons (Fsp3) is 0.263. The van der Waals surface area contributed by atoms with Gasteiger partial charge in [0, 0.05) is 23.8 Å². The van der Waals surface area contributed by atoms with Gasteiger partial charge in [-0.15, -0.1) is 0 Å². The average Bonchev–Trinajstić information content (AvgIpc) is 2.62. The molecule has 124 valence electrons. The van der Waals surface area contributed by atoms with Gasteiger partial charge in [-0.3, -0.25) is 4.79 Å². The van der Waals surface area contributed by atoms with Gasteiger partial charge >= 0.3 is 0 Å². The molecule has 0 atom stereocenters. The first-order valence-corrected chi connectivity index (χ1v) is 8.32. The van der Waals surface area contributed by atoms with Crippen molar-refractivity contribution in [1.29, 1.82) is 5.26 Å². The lowest BCUT2D eigenvalue weighted by Crippen LogP contribution is -2.37. The van der Waals surface area contributed by atoms with Crippen LogP contribution in [0, 0.1) is 11.3 Å². The van der Waals surface area contributed by atoms with Gasteiger partial charge < -0.3 is 10.2 Å². The number of rotatable bonds is 7. The maximum Gasteiger partial charge on any atom is 0.259 e. The van der Waals surface area contributed by atoms with Gasteiger partial charge in [0.05, 0.1) is 17.2 Å². The molecule has 0 aliphatic heterocycles. The molecule has 0 aliphatic carbocycles. The van der Waals surface area contributed by atoms with Gasteiger partial charge in [-0.25, -0.2) is 0 Å². The topological polar surface area (TPSA) is 56.1 Å². The molecule has 0 heterocycles. The first kappa shape index (κ1) is 18.0. The maximum atomic E-state index is 13.0. The predicted octanol–water partition coefficient (Wildman–Crippen LogP) is 3.86. The summed E-state index contributed by atoms with van der Waals surface area (Å²) < 4.78 is 0. The van der Waals surface area contributed by atoms with Crippen LogP contribution in [0.1, 0.15) is 29.3 Å². The highest BCUT2D eigenvalue weighted by atomic mass is 35.5. The first-order chi connectivity index (χ1) is 11.7. The molecule has 0 unspecified atom stereocenters. The molecule has 5 heteroatoms. The normalized spacial score (nSPS) is 10.2. The monoisotopic (exact) mass is 341 g/mol. The van der Waals surface area contributed by atoms with Gasteiger partial charge in [0.1, 0.15) is 0 Å². The minimum atomic E-state index is -0.224. The summed E-state index contributed by atoms with van der Waals surface area (Å²) in [6, 6.07) is 16.3. The number of hydrogen-bond donors (Lipinski definition) is 1. The lowest BCUT2D eigenvalue weighted by molar-refractivity contribution is 0.0987. The third kappa shape index (κ3) is 4.58. The van der Waals surface area contributed by atoms with Crippen LogP contribution in [-0.2, 0) is 0 Å². The Morgan fingerprint density at radius 2 is 1.96 bits per heavy atom. The number of nitriles is 1. The van der Waals surface area contributed by atoms with Crippen LogP contribution in [0.4, 0.5) is 5.69 Å². The molecule has 0 aliphatic rings. The highest BCUT2D eigenvalue weighted by Crippen LogP contribution is 2.21. The number of nitrogens with zero attached hydrogens (tertiary/aromatic N) is 2. The lowest BCUT2D eigenvalue weighted by atomic mass is 10.1. The molecule has 1 N–H and O–H groups in total. The average molecular weight is 342 g/mol. The molecule has 1 amide bonds. The second-order valence-corrected chi connectivity index (χ2v) is 5.78. The number of amides is 1. The Balaban J connectivity index is 2.31. The SMILES string of the molecule is CCCNCCN(C(=O)c1cc(Cl)ccc1C#N)c1ccccc1. The molecule has 2 aromatic rings. The molecule has 0 aromatic heterocycles. The van der Waals surface area contributed by atoms with E-state index in [1.54, 1.807) is 23.1 Å². The summed E-state index contributed by atoms with van der Waals surface area (Å²) in [5.41, 5.74) is 1.45. The Kier molecular flexibility index (Phi) is 6.80. The van der Waals surface area contributed by atoms with Crippen molar-refractivity contribution < 1.29 is 4.79 Å². The quantitative estimate of drug-likeness (QED) is 0.778. The minimum absolute atomic E-state index is 0.224. The summed E-state index contributed by atoms with van der Waals surface area (Å²) in [5.74, 6) is -0.224. The van der Waals surface area contributed by atoms with Crippen molar-refractivity contribution in [3.05, 3.63) is 64.7 Å². The fourth-order valence-corrected chi connectivity index (χ4v) is 2.56. The number of carbonyl (C=O) groups is 1. The number of halogens is 1. The summed E-state index contributed by atoms with van der Waals surface area (Å²) in [6.07, 6.45) is 1.03. The van der Waals surface area contributed by atoms with Gasteiger partial charge in [-0.1, -0.05) is 36.7 Å². The molecule has 0 spiro atoms. The highest BCUT2D eigenvalue weighted by Gasteiger charge is 2.20. The standard InChI is InChI=1S/C19H20ClN3O/c1-2-10-22-11-12-23(17-6-4-3-5-7-17)19(24)18-13-16(20)9-8-15(18)14-21/h3-9,13,22H,2,10-12H2,1H3. The number of nitrogens with one attached hydrogen (secondary N) is 1. The predicted molar refractivity (Wildman–Crippen MR) is 97.4 cm³/mol. The summed E-state index contributed by atoms with van der Waals surface area (Å²) >= 11 is 6.02. The molecule has 2 rings (SSSR count). The van der Waals surface area contributed by atoms with Crippen LogP contribution in [-0.4, -0.2) is 25.5 Å². The van der Waals surface area contributed by atoms with Crippen LogP contribution >= 0.6 is 11.6 Å². The van der Waals surface area contributed by atoms with E-state index in [1.165, 1.54) is 0 Å². The molecule has 0 bridgehead atoms. The van der Waals surface area contributed by atoms with Crippen LogP contribution in [0.15, 0.2) is 48.5 Å². The maximum absolute atomic E-state index is 13.0. The molecule has 0 saturated heterocycles. The molecule has 0 saturated carbocycles. The van der Waals surface area contributed by atoms with E-state index in [2.05, 4.69) is 18.3 Å². The van der Waals surface area contributed by atoms with Crippen molar-refractivity contribution in [2.75, 3.05) is 24.5 Å². The van der Waals surface area contributed by atoms with Gasteiger partial charge in [0.25, 0.3) is 5.91 Å². The number of para-hydroxylation sites is 1. The van der Waals surface area contributed by atoms with Crippen LogP contribution in [0.5, 0.6) is 0 Å². The number of hydrogen-bond acceptors (Lipinski definition) is 3. The Labute approximate surface area is 147 Å². The molecule has 4 nitrogen and oxygen atoms in total. The Morgan fingerprint density at radius 3 is 2.62 bits per heavy atom. The van der Waals surface area contributed by atoms with Gasteiger partial charge in [0.2, 0.25) is 0 Å². The fourth-order valence-electron chi connectivity index (χ4n) is 2.38. The molecule has 24 heavy (non-hydrogen) atoms. The van der Waals surface area contributed by atoms with Crippen LogP contribution in [0.3, 0.4) is 0 Å². The Bertz CT molecular complexity index is 725. The largest absolute Gasteiger partial charge is 0.315 e. The van der Waals surface area contributed by atoms with E-state index >= 15 is 0 Å². The second-order valence-electron chi connectivity index (χ2n) is 5.34. The van der Waals surface area contributed by atoms with Crippen LogP contribution in [0.25, 0.3) is 0 Å². The van der Waals surface area contributed by atoms with Crippen molar-refractivity contribution in [3.63, 3.8) is 0 Å². The van der Waals surface area contributed by atoms with Gasteiger partial charge in [0.15, 0.2) is 0 Å². The molecule has 2 aromatic carbocycles. The summed E-state index contributed by atoms with van der Waals surface area (Å²) in [6.45, 7) is 4.19.